The van der Waals surface area contributed by atoms with E-state index in [1.165, 1.54) is 0 Å². The zero-order chi connectivity index (χ0) is 15.4. The summed E-state index contributed by atoms with van der Waals surface area (Å²) in [5, 5.41) is 0.678. The zero-order valence-electron chi connectivity index (χ0n) is 12.3. The lowest BCUT2D eigenvalue weighted by molar-refractivity contribution is 0.0742. The van der Waals surface area contributed by atoms with Crippen molar-refractivity contribution in [1.29, 1.82) is 0 Å². The van der Waals surface area contributed by atoms with Crippen LogP contribution in [0.25, 0.3) is 0 Å². The Bertz CT molecular complexity index is 636. The number of hydrogen-bond donors (Lipinski definition) is 1. The van der Waals surface area contributed by atoms with Gasteiger partial charge in [0.25, 0.3) is 5.91 Å². The number of anilines is 1. The number of benzene rings is 1. The fourth-order valence-electron chi connectivity index (χ4n) is 2.32. The van der Waals surface area contributed by atoms with Gasteiger partial charge in [0.05, 0.1) is 5.69 Å². The number of hydrogen-bond acceptors (Lipinski definition) is 2. The fraction of sp³-hybridized carbons (Fsp3) is 0.312. The molecule has 0 aliphatic rings. The van der Waals surface area contributed by atoms with E-state index in [0.29, 0.717) is 36.0 Å². The Morgan fingerprint density at radius 2 is 2.10 bits per heavy atom. The molecule has 2 rings (SSSR count). The minimum absolute atomic E-state index is 0.0176. The van der Waals surface area contributed by atoms with Crippen molar-refractivity contribution >= 4 is 23.2 Å². The largest absolute Gasteiger partial charge is 0.397 e. The summed E-state index contributed by atoms with van der Waals surface area (Å²) in [5.74, 6) is -0.0176. The minimum atomic E-state index is -0.0176. The predicted molar refractivity (Wildman–Crippen MR) is 86.4 cm³/mol. The number of halogens is 1. The van der Waals surface area contributed by atoms with E-state index in [2.05, 4.69) is 0 Å². The molecule has 0 atom stereocenters. The third kappa shape index (κ3) is 3.58. The van der Waals surface area contributed by atoms with Gasteiger partial charge >= 0.3 is 0 Å². The molecule has 0 aliphatic carbocycles. The van der Waals surface area contributed by atoms with E-state index in [1.54, 1.807) is 17.2 Å². The molecule has 0 saturated carbocycles. The highest BCUT2D eigenvalue weighted by Crippen LogP contribution is 2.17. The first-order chi connectivity index (χ1) is 10.0. The third-order valence-electron chi connectivity index (χ3n) is 3.41. The quantitative estimate of drug-likeness (QED) is 0.920. The van der Waals surface area contributed by atoms with Crippen molar-refractivity contribution in [1.82, 2.24) is 9.47 Å². The summed E-state index contributed by atoms with van der Waals surface area (Å²) < 4.78 is 1.87. The molecular weight excluding hydrogens is 286 g/mol. The maximum Gasteiger partial charge on any atom is 0.270 e. The van der Waals surface area contributed by atoms with Crippen LogP contribution in [0, 0.1) is 0 Å². The highest BCUT2D eigenvalue weighted by atomic mass is 35.5. The summed E-state index contributed by atoms with van der Waals surface area (Å²) in [4.78, 5) is 14.5. The molecular formula is C16H20ClN3O. The minimum Gasteiger partial charge on any atom is -0.397 e. The van der Waals surface area contributed by atoms with Crippen LogP contribution >= 0.6 is 11.6 Å². The first-order valence-corrected chi connectivity index (χ1v) is 7.42. The smallest absolute Gasteiger partial charge is 0.270 e. The standard InChI is InChI=1S/C16H20ClN3O/c1-3-19-11-14(18)9-15(19)16(21)20(4-2)10-12-6-5-7-13(17)8-12/h5-9,11H,3-4,10,18H2,1-2H3. The zero-order valence-corrected chi connectivity index (χ0v) is 13.1. The molecule has 0 spiro atoms. The highest BCUT2D eigenvalue weighted by Gasteiger charge is 2.18. The lowest BCUT2D eigenvalue weighted by Crippen LogP contribution is -2.31. The number of amides is 1. The van der Waals surface area contributed by atoms with Crippen LogP contribution in [0.1, 0.15) is 29.9 Å². The molecule has 1 aromatic carbocycles. The van der Waals surface area contributed by atoms with E-state index in [1.807, 2.05) is 42.7 Å². The monoisotopic (exact) mass is 305 g/mol. The molecule has 4 nitrogen and oxygen atoms in total. The average molecular weight is 306 g/mol. The molecule has 2 N–H and O–H groups in total. The Hall–Kier alpha value is -1.94. The second-order valence-electron chi connectivity index (χ2n) is 4.89. The summed E-state index contributed by atoms with van der Waals surface area (Å²) >= 11 is 5.99. The van der Waals surface area contributed by atoms with Crippen molar-refractivity contribution in [3.05, 3.63) is 52.8 Å². The number of nitrogen functional groups attached to an aromatic ring is 1. The number of carbonyl (C=O) groups is 1. The van der Waals surface area contributed by atoms with Gasteiger partial charge in [-0.3, -0.25) is 4.79 Å². The molecule has 0 fully saturated rings. The van der Waals surface area contributed by atoms with Crippen molar-refractivity contribution in [2.75, 3.05) is 12.3 Å². The van der Waals surface area contributed by atoms with Crippen LogP contribution in [0.3, 0.4) is 0 Å². The van der Waals surface area contributed by atoms with Gasteiger partial charge in [-0.15, -0.1) is 0 Å². The fourth-order valence-corrected chi connectivity index (χ4v) is 2.53. The van der Waals surface area contributed by atoms with Gasteiger partial charge in [-0.25, -0.2) is 0 Å². The Morgan fingerprint density at radius 3 is 2.71 bits per heavy atom. The Morgan fingerprint density at radius 1 is 1.33 bits per heavy atom. The highest BCUT2D eigenvalue weighted by molar-refractivity contribution is 6.30. The molecule has 1 heterocycles. The van der Waals surface area contributed by atoms with Gasteiger partial charge < -0.3 is 15.2 Å². The number of aromatic nitrogens is 1. The van der Waals surface area contributed by atoms with Crippen molar-refractivity contribution in [3.8, 4) is 0 Å². The summed E-state index contributed by atoms with van der Waals surface area (Å²) in [6.07, 6.45) is 1.79. The maximum atomic E-state index is 12.7. The molecule has 1 aromatic heterocycles. The van der Waals surface area contributed by atoms with Crippen LogP contribution in [-0.4, -0.2) is 21.9 Å². The molecule has 2 aromatic rings. The lowest BCUT2D eigenvalue weighted by Gasteiger charge is -2.21. The summed E-state index contributed by atoms with van der Waals surface area (Å²) in [6, 6.07) is 9.29. The molecule has 5 heteroatoms. The van der Waals surface area contributed by atoms with Crippen LogP contribution in [0.4, 0.5) is 5.69 Å². The van der Waals surface area contributed by atoms with E-state index in [-0.39, 0.29) is 5.91 Å². The predicted octanol–water partition coefficient (Wildman–Crippen LogP) is 3.41. The van der Waals surface area contributed by atoms with E-state index in [4.69, 9.17) is 17.3 Å². The van der Waals surface area contributed by atoms with Crippen LogP contribution in [0.2, 0.25) is 5.02 Å². The van der Waals surface area contributed by atoms with Gasteiger partial charge in [-0.2, -0.15) is 0 Å². The number of nitrogens with zero attached hydrogens (tertiary/aromatic N) is 2. The molecule has 0 aliphatic heterocycles. The molecule has 0 unspecified atom stereocenters. The molecule has 0 radical (unpaired) electrons. The second kappa shape index (κ2) is 6.68. The molecule has 1 amide bonds. The number of aryl methyl sites for hydroxylation is 1. The van der Waals surface area contributed by atoms with E-state index >= 15 is 0 Å². The van der Waals surface area contributed by atoms with Gasteiger partial charge in [-0.05, 0) is 37.6 Å². The second-order valence-corrected chi connectivity index (χ2v) is 5.33. The van der Waals surface area contributed by atoms with E-state index < -0.39 is 0 Å². The van der Waals surface area contributed by atoms with E-state index in [0.717, 1.165) is 5.56 Å². The molecule has 112 valence electrons. The van der Waals surface area contributed by atoms with Crippen LogP contribution in [0.15, 0.2) is 36.5 Å². The summed E-state index contributed by atoms with van der Waals surface area (Å²) in [7, 11) is 0. The lowest BCUT2D eigenvalue weighted by atomic mass is 10.2. The molecule has 0 saturated heterocycles. The average Bonchev–Trinajstić information content (AvgIpc) is 2.85. The SMILES string of the molecule is CCN(Cc1cccc(Cl)c1)C(=O)c1cc(N)cn1CC. The van der Waals surface area contributed by atoms with Gasteiger partial charge in [0.1, 0.15) is 5.69 Å². The molecule has 21 heavy (non-hydrogen) atoms. The normalized spacial score (nSPS) is 10.6. The summed E-state index contributed by atoms with van der Waals surface area (Å²) in [6.45, 7) is 5.83. The van der Waals surface area contributed by atoms with Crippen LogP contribution < -0.4 is 5.73 Å². The van der Waals surface area contributed by atoms with Crippen molar-refractivity contribution in [2.45, 2.75) is 26.9 Å². The Balaban J connectivity index is 2.22. The Kier molecular flexibility index (Phi) is 4.91. The van der Waals surface area contributed by atoms with Gasteiger partial charge in [0, 0.05) is 30.9 Å². The maximum absolute atomic E-state index is 12.7. The first kappa shape index (κ1) is 15.4. The Labute approximate surface area is 130 Å². The summed E-state index contributed by atoms with van der Waals surface area (Å²) in [5.41, 5.74) is 8.05. The molecule has 0 bridgehead atoms. The third-order valence-corrected chi connectivity index (χ3v) is 3.64. The van der Waals surface area contributed by atoms with Gasteiger partial charge in [0.15, 0.2) is 0 Å². The van der Waals surface area contributed by atoms with Crippen LogP contribution in [-0.2, 0) is 13.1 Å². The number of rotatable bonds is 5. The van der Waals surface area contributed by atoms with Crippen molar-refractivity contribution in [2.24, 2.45) is 0 Å². The van der Waals surface area contributed by atoms with Gasteiger partial charge in [-0.1, -0.05) is 23.7 Å². The number of carbonyl (C=O) groups excluding carboxylic acids is 1. The van der Waals surface area contributed by atoms with Crippen LogP contribution in [0.5, 0.6) is 0 Å². The number of nitrogens with two attached hydrogens (primary N) is 1. The van der Waals surface area contributed by atoms with E-state index in [9.17, 15) is 4.79 Å². The van der Waals surface area contributed by atoms with Crippen molar-refractivity contribution < 1.29 is 4.79 Å². The van der Waals surface area contributed by atoms with Gasteiger partial charge in [0.2, 0.25) is 0 Å². The topological polar surface area (TPSA) is 51.3 Å². The van der Waals surface area contributed by atoms with Crippen molar-refractivity contribution in [3.63, 3.8) is 0 Å². The first-order valence-electron chi connectivity index (χ1n) is 7.04.